The number of allylic oxidation sites excluding steroid dienone is 2. The van der Waals surface area contributed by atoms with Gasteiger partial charge in [-0.25, -0.2) is 4.90 Å². The van der Waals surface area contributed by atoms with Crippen LogP contribution < -0.4 is 14.5 Å². The number of anilines is 2. The van der Waals surface area contributed by atoms with Gasteiger partial charge >= 0.3 is 0 Å². The second-order valence-electron chi connectivity index (χ2n) is 15.3. The van der Waals surface area contributed by atoms with Gasteiger partial charge in [0.1, 0.15) is 11.5 Å². The van der Waals surface area contributed by atoms with Gasteiger partial charge in [0.2, 0.25) is 23.6 Å². The molecule has 57 heavy (non-hydrogen) atoms. The van der Waals surface area contributed by atoms with Crippen LogP contribution in [0.2, 0.25) is 5.02 Å². The van der Waals surface area contributed by atoms with E-state index in [1.165, 1.54) is 39.9 Å². The first-order chi connectivity index (χ1) is 27.2. The first kappa shape index (κ1) is 36.8. The standard InChI is InChI=1S/C42H36ClN5O8S/c1-5-56-32-16-21(6-14-31(32)49)36-25-12-13-26-35(40(52)46(38(26)50)23-8-10-24(11-9-23)48(54)55)28(25)18-29-39(51)47(41(53)42(29,36)3)34-19-30(44-45(34)4)37-20(2)27-17-22(43)7-15-33(27)57-37/h6-12,14-17,19,26,28-29,35-36,49H,5,13,18H2,1-4H3/t26-,28+,29-,35-,36-,42+/m0/s1. The zero-order valence-corrected chi connectivity index (χ0v) is 32.8. The second kappa shape index (κ2) is 13.1. The Hall–Kier alpha value is -5.86. The van der Waals surface area contributed by atoms with Crippen LogP contribution in [0.5, 0.6) is 11.5 Å². The molecule has 5 aromatic rings. The van der Waals surface area contributed by atoms with E-state index in [2.05, 4.69) is 0 Å². The molecule has 1 saturated carbocycles. The summed E-state index contributed by atoms with van der Waals surface area (Å²) in [6.07, 6.45) is 2.29. The van der Waals surface area contributed by atoms with Crippen molar-refractivity contribution in [3.05, 3.63) is 105 Å². The number of non-ortho nitro benzene ring substituents is 1. The van der Waals surface area contributed by atoms with E-state index in [0.29, 0.717) is 22.1 Å². The Morgan fingerprint density at radius 1 is 1.00 bits per heavy atom. The lowest BCUT2D eigenvalue weighted by Crippen LogP contribution is -2.49. The van der Waals surface area contributed by atoms with Crippen LogP contribution in [0.3, 0.4) is 0 Å². The lowest BCUT2D eigenvalue weighted by Gasteiger charge is -2.49. The van der Waals surface area contributed by atoms with Gasteiger partial charge in [-0.2, -0.15) is 5.10 Å². The van der Waals surface area contributed by atoms with Crippen LogP contribution in [0.25, 0.3) is 20.7 Å². The predicted molar refractivity (Wildman–Crippen MR) is 213 cm³/mol. The number of fused-ring (bicyclic) bond motifs is 5. The lowest BCUT2D eigenvalue weighted by molar-refractivity contribution is -0.384. The number of carbonyl (C=O) groups is 4. The van der Waals surface area contributed by atoms with E-state index >= 15 is 4.79 Å². The number of aromatic nitrogens is 2. The number of thiophene rings is 1. The Morgan fingerprint density at radius 3 is 2.47 bits per heavy atom. The Kier molecular flexibility index (Phi) is 8.45. The number of halogens is 1. The highest BCUT2D eigenvalue weighted by molar-refractivity contribution is 7.22. The van der Waals surface area contributed by atoms with Gasteiger partial charge in [-0.1, -0.05) is 29.3 Å². The molecule has 13 nitrogen and oxygen atoms in total. The van der Waals surface area contributed by atoms with Crippen LogP contribution in [0, 0.1) is 46.1 Å². The van der Waals surface area contributed by atoms with Gasteiger partial charge in [0, 0.05) is 40.9 Å². The summed E-state index contributed by atoms with van der Waals surface area (Å²) in [5.74, 6) is -5.10. The maximum absolute atomic E-state index is 15.2. The van der Waals surface area contributed by atoms with E-state index in [0.717, 1.165) is 31.0 Å². The quantitative estimate of drug-likeness (QED) is 0.0751. The maximum Gasteiger partial charge on any atom is 0.269 e. The van der Waals surface area contributed by atoms with Crippen molar-refractivity contribution in [1.82, 2.24) is 9.78 Å². The highest BCUT2D eigenvalue weighted by Gasteiger charge is 2.68. The van der Waals surface area contributed by atoms with Crippen molar-refractivity contribution >= 4 is 73.8 Å². The number of hydrogen-bond acceptors (Lipinski definition) is 10. The number of carbonyl (C=O) groups excluding carboxylic acids is 4. The summed E-state index contributed by atoms with van der Waals surface area (Å²) in [5.41, 5.74) is 1.67. The summed E-state index contributed by atoms with van der Waals surface area (Å²) < 4.78 is 8.33. The molecule has 2 aromatic heterocycles. The van der Waals surface area contributed by atoms with Gasteiger partial charge in [0.05, 0.1) is 45.3 Å². The molecule has 15 heteroatoms. The number of amides is 4. The van der Waals surface area contributed by atoms with Crippen LogP contribution in [0.15, 0.2) is 78.4 Å². The molecule has 4 amide bonds. The van der Waals surface area contributed by atoms with E-state index in [1.807, 2.05) is 31.2 Å². The molecular formula is C42H36ClN5O8S. The zero-order chi connectivity index (χ0) is 40.2. The largest absolute Gasteiger partial charge is 0.504 e. The number of nitrogens with zero attached hydrogens (tertiary/aromatic N) is 5. The number of ether oxygens (including phenoxy) is 1. The van der Waals surface area contributed by atoms with Gasteiger partial charge in [-0.05, 0) is 98.5 Å². The third-order valence-corrected chi connectivity index (χ3v) is 14.0. The molecule has 2 aliphatic heterocycles. The second-order valence-corrected chi connectivity index (χ2v) is 16.8. The van der Waals surface area contributed by atoms with Gasteiger partial charge in [0.25, 0.3) is 5.69 Å². The maximum atomic E-state index is 15.2. The van der Waals surface area contributed by atoms with Crippen molar-refractivity contribution in [1.29, 1.82) is 0 Å². The molecule has 290 valence electrons. The summed E-state index contributed by atoms with van der Waals surface area (Å²) in [5, 5.41) is 28.4. The third kappa shape index (κ3) is 5.29. The van der Waals surface area contributed by atoms with E-state index in [1.54, 1.807) is 50.4 Å². The first-order valence-corrected chi connectivity index (χ1v) is 19.8. The Bertz CT molecular complexity index is 2630. The van der Waals surface area contributed by atoms with E-state index in [4.69, 9.17) is 21.4 Å². The fourth-order valence-electron chi connectivity index (χ4n) is 9.79. The summed E-state index contributed by atoms with van der Waals surface area (Å²) in [6, 6.07) is 17.6. The Balaban J connectivity index is 1.15. The number of nitro benzene ring substituents is 1. The summed E-state index contributed by atoms with van der Waals surface area (Å²) >= 11 is 7.86. The Morgan fingerprint density at radius 2 is 1.75 bits per heavy atom. The Labute approximate surface area is 335 Å². The number of benzene rings is 3. The number of nitro groups is 1. The minimum absolute atomic E-state index is 0.0840. The minimum Gasteiger partial charge on any atom is -0.504 e. The average Bonchev–Trinajstić information content (AvgIpc) is 3.86. The molecule has 2 saturated heterocycles. The average molecular weight is 806 g/mol. The molecule has 3 fully saturated rings. The van der Waals surface area contributed by atoms with Crippen LogP contribution >= 0.6 is 22.9 Å². The number of aromatic hydroxyl groups is 1. The number of phenolic OH excluding ortho intramolecular Hbond substituents is 1. The van der Waals surface area contributed by atoms with Crippen molar-refractivity contribution in [3.63, 3.8) is 0 Å². The molecular weight excluding hydrogens is 770 g/mol. The van der Waals surface area contributed by atoms with E-state index in [9.17, 15) is 29.6 Å². The van der Waals surface area contributed by atoms with Gasteiger partial charge in [-0.3, -0.25) is 38.9 Å². The van der Waals surface area contributed by atoms with Crippen LogP contribution in [-0.4, -0.2) is 50.0 Å². The third-order valence-electron chi connectivity index (χ3n) is 12.4. The predicted octanol–water partition coefficient (Wildman–Crippen LogP) is 7.71. The highest BCUT2D eigenvalue weighted by Crippen LogP contribution is 2.64. The topological polar surface area (TPSA) is 165 Å². The monoisotopic (exact) mass is 805 g/mol. The first-order valence-electron chi connectivity index (χ1n) is 18.6. The normalized spacial score (nSPS) is 25.5. The number of imide groups is 2. The number of hydrogen-bond donors (Lipinski definition) is 1. The fourth-order valence-corrected chi connectivity index (χ4v) is 11.1. The fraction of sp³-hybridized carbons (Fsp3) is 0.310. The van der Waals surface area contributed by atoms with Crippen LogP contribution in [-0.2, 0) is 26.2 Å². The van der Waals surface area contributed by atoms with Crippen molar-refractivity contribution in [2.45, 2.75) is 39.5 Å². The van der Waals surface area contributed by atoms with Crippen molar-refractivity contribution < 1.29 is 33.9 Å². The lowest BCUT2D eigenvalue weighted by atomic mass is 9.51. The van der Waals surface area contributed by atoms with Gasteiger partial charge in [0.15, 0.2) is 11.5 Å². The van der Waals surface area contributed by atoms with Crippen molar-refractivity contribution in [2.75, 3.05) is 16.4 Å². The smallest absolute Gasteiger partial charge is 0.269 e. The van der Waals surface area contributed by atoms with Crippen molar-refractivity contribution in [3.8, 4) is 22.1 Å². The highest BCUT2D eigenvalue weighted by atomic mass is 35.5. The van der Waals surface area contributed by atoms with E-state index < -0.39 is 63.6 Å². The number of phenols is 1. The zero-order valence-electron chi connectivity index (χ0n) is 31.3. The molecule has 4 heterocycles. The summed E-state index contributed by atoms with van der Waals surface area (Å²) in [4.78, 5) is 72.6. The summed E-state index contributed by atoms with van der Waals surface area (Å²) in [7, 11) is 1.69. The molecule has 9 rings (SSSR count). The molecule has 3 aromatic carbocycles. The molecule has 0 spiro atoms. The van der Waals surface area contributed by atoms with Gasteiger partial charge < -0.3 is 9.84 Å². The number of aryl methyl sites for hydroxylation is 2. The van der Waals surface area contributed by atoms with Crippen LogP contribution in [0.1, 0.15) is 43.7 Å². The van der Waals surface area contributed by atoms with E-state index in [-0.39, 0.29) is 42.3 Å². The molecule has 4 aliphatic rings. The SMILES string of the molecule is CCOc1cc([C@H]2C3=CC[C@@H]4C(=O)N(c5ccc([N+](=O)[O-])cc5)C(=O)[C@@H]4[C@@H]3C[C@H]3C(=O)N(c4cc(-c5sc6ccc(Cl)cc6c5C)nn4C)C(=O)[C@@]23C)ccc1O. The molecule has 0 bridgehead atoms. The molecule has 6 atom stereocenters. The van der Waals surface area contributed by atoms with Crippen LogP contribution in [0.4, 0.5) is 17.2 Å². The molecule has 0 unspecified atom stereocenters. The van der Waals surface area contributed by atoms with Crippen molar-refractivity contribution in [2.24, 2.45) is 36.1 Å². The molecule has 2 aliphatic carbocycles. The minimum atomic E-state index is -1.34. The molecule has 0 radical (unpaired) electrons. The van der Waals surface area contributed by atoms with Gasteiger partial charge in [-0.15, -0.1) is 11.3 Å². The molecule has 1 N–H and O–H groups in total. The number of rotatable bonds is 7. The summed E-state index contributed by atoms with van der Waals surface area (Å²) in [6.45, 7) is 5.84.